The van der Waals surface area contributed by atoms with Gasteiger partial charge in [0.2, 0.25) is 5.91 Å². The summed E-state index contributed by atoms with van der Waals surface area (Å²) in [4.78, 5) is 17.7. The second-order valence-corrected chi connectivity index (χ2v) is 12.9. The topological polar surface area (TPSA) is 60.9 Å². The van der Waals surface area contributed by atoms with Gasteiger partial charge < -0.3 is 4.90 Å². The van der Waals surface area contributed by atoms with Gasteiger partial charge in [-0.05, 0) is 47.5 Å². The van der Waals surface area contributed by atoms with Crippen molar-refractivity contribution in [2.75, 3.05) is 39.3 Å². The van der Waals surface area contributed by atoms with E-state index in [0.717, 1.165) is 18.1 Å². The number of piperazine rings is 1. The summed E-state index contributed by atoms with van der Waals surface area (Å²) in [5.74, 6) is 0.0399. The average molecular weight is 544 g/mol. The van der Waals surface area contributed by atoms with Gasteiger partial charge in [-0.3, -0.25) is 9.69 Å². The van der Waals surface area contributed by atoms with Crippen molar-refractivity contribution < 1.29 is 13.2 Å². The van der Waals surface area contributed by atoms with Crippen molar-refractivity contribution in [3.63, 3.8) is 0 Å². The van der Waals surface area contributed by atoms with E-state index in [1.54, 1.807) is 17.5 Å². The molecule has 6 nitrogen and oxygen atoms in total. The predicted molar refractivity (Wildman–Crippen MR) is 144 cm³/mol. The maximum absolute atomic E-state index is 13.3. The maximum Gasteiger partial charge on any atom is 0.252 e. The fraction of sp³-hybridized carbons (Fsp3) is 0.370. The van der Waals surface area contributed by atoms with Gasteiger partial charge in [-0.1, -0.05) is 60.1 Å². The molecular formula is C27H30ClN3O3S2. The highest BCUT2D eigenvalue weighted by Gasteiger charge is 2.36. The molecule has 2 saturated heterocycles. The number of sulfonamides is 1. The summed E-state index contributed by atoms with van der Waals surface area (Å²) in [6.07, 6.45) is 1.14. The molecule has 2 aliphatic heterocycles. The lowest BCUT2D eigenvalue weighted by Gasteiger charge is -2.41. The molecule has 2 aliphatic rings. The van der Waals surface area contributed by atoms with Crippen LogP contribution in [-0.4, -0.2) is 67.7 Å². The van der Waals surface area contributed by atoms with Crippen LogP contribution < -0.4 is 0 Å². The molecule has 0 N–H and O–H groups in total. The lowest BCUT2D eigenvalue weighted by molar-refractivity contribution is -0.138. The summed E-state index contributed by atoms with van der Waals surface area (Å²) in [6.45, 7) is 3.68. The van der Waals surface area contributed by atoms with Crippen LogP contribution in [0.1, 0.15) is 30.0 Å². The molecule has 0 bridgehead atoms. The van der Waals surface area contributed by atoms with Crippen molar-refractivity contribution in [2.24, 2.45) is 5.92 Å². The van der Waals surface area contributed by atoms with E-state index in [4.69, 9.17) is 11.6 Å². The fourth-order valence-corrected chi connectivity index (χ4v) is 7.97. The lowest BCUT2D eigenvalue weighted by Crippen LogP contribution is -2.52. The number of rotatable bonds is 6. The number of piperidine rings is 1. The van der Waals surface area contributed by atoms with Crippen LogP contribution in [0.5, 0.6) is 0 Å². The largest absolute Gasteiger partial charge is 0.340 e. The first-order valence-corrected chi connectivity index (χ1v) is 15.0. The number of thiophene rings is 1. The third-order valence-electron chi connectivity index (χ3n) is 7.18. The van der Waals surface area contributed by atoms with E-state index < -0.39 is 10.0 Å². The van der Waals surface area contributed by atoms with Crippen molar-refractivity contribution in [1.82, 2.24) is 14.1 Å². The molecule has 190 valence electrons. The van der Waals surface area contributed by atoms with Gasteiger partial charge in [0.05, 0.1) is 6.04 Å². The Balaban J connectivity index is 1.21. The minimum Gasteiger partial charge on any atom is -0.340 e. The molecule has 1 aromatic heterocycles. The first kappa shape index (κ1) is 25.4. The third-order valence-corrected chi connectivity index (χ3v) is 10.7. The van der Waals surface area contributed by atoms with Gasteiger partial charge in [0.25, 0.3) is 10.0 Å². The Hall–Kier alpha value is -2.23. The Morgan fingerprint density at radius 2 is 1.47 bits per heavy atom. The van der Waals surface area contributed by atoms with E-state index in [1.165, 1.54) is 26.8 Å². The van der Waals surface area contributed by atoms with E-state index in [-0.39, 0.29) is 17.9 Å². The smallest absolute Gasteiger partial charge is 0.252 e. The van der Waals surface area contributed by atoms with E-state index in [9.17, 15) is 13.2 Å². The van der Waals surface area contributed by atoms with Gasteiger partial charge in [0.1, 0.15) is 4.21 Å². The molecule has 9 heteroatoms. The van der Waals surface area contributed by atoms with Gasteiger partial charge in [-0.15, -0.1) is 11.3 Å². The molecule has 36 heavy (non-hydrogen) atoms. The number of carbonyl (C=O) groups is 1. The van der Waals surface area contributed by atoms with Crippen molar-refractivity contribution in [3.05, 3.63) is 88.3 Å². The number of carbonyl (C=O) groups excluding carboxylic acids is 1. The number of halogens is 1. The normalized spacial score (nSPS) is 19.3. The highest BCUT2D eigenvalue weighted by atomic mass is 35.5. The first-order chi connectivity index (χ1) is 17.4. The number of amides is 1. The number of benzene rings is 2. The zero-order valence-corrected chi connectivity index (χ0v) is 22.4. The van der Waals surface area contributed by atoms with E-state index in [1.807, 2.05) is 23.1 Å². The molecule has 0 aliphatic carbocycles. The van der Waals surface area contributed by atoms with Crippen LogP contribution in [-0.2, 0) is 14.8 Å². The Bertz CT molecular complexity index is 1250. The molecule has 3 aromatic rings. The quantitative estimate of drug-likeness (QED) is 0.451. The number of hydrogen-bond donors (Lipinski definition) is 0. The standard InChI is InChI=1S/C27H30ClN3O3S2/c28-24-10-8-22(9-11-24)26(21-5-2-1-3-6-21)29-16-18-30(19-17-29)27(32)23-12-14-31(15-13-23)36(33,34)25-7-4-20-35-25/h1-11,20,23,26H,12-19H2. The molecule has 0 saturated carbocycles. The molecule has 0 spiro atoms. The van der Waals surface area contributed by atoms with Gasteiger partial charge in [-0.2, -0.15) is 4.31 Å². The zero-order chi connectivity index (χ0) is 25.1. The van der Waals surface area contributed by atoms with Crippen LogP contribution in [0.2, 0.25) is 5.02 Å². The van der Waals surface area contributed by atoms with Crippen molar-refractivity contribution >= 4 is 38.9 Å². The second-order valence-electron chi connectivity index (χ2n) is 9.34. The summed E-state index contributed by atoms with van der Waals surface area (Å²) in [5.41, 5.74) is 2.41. The van der Waals surface area contributed by atoms with Crippen molar-refractivity contribution in [1.29, 1.82) is 0 Å². The van der Waals surface area contributed by atoms with Crippen LogP contribution in [0.15, 0.2) is 76.3 Å². The molecule has 0 radical (unpaired) electrons. The molecule has 1 atom stereocenters. The van der Waals surface area contributed by atoms with Crippen LogP contribution in [0.3, 0.4) is 0 Å². The number of nitrogens with zero attached hydrogens (tertiary/aromatic N) is 3. The van der Waals surface area contributed by atoms with Crippen molar-refractivity contribution in [2.45, 2.75) is 23.1 Å². The monoisotopic (exact) mass is 543 g/mol. The number of hydrogen-bond acceptors (Lipinski definition) is 5. The second kappa shape index (κ2) is 11.0. The fourth-order valence-electron chi connectivity index (χ4n) is 5.23. The summed E-state index contributed by atoms with van der Waals surface area (Å²) in [7, 11) is -3.45. The van der Waals surface area contributed by atoms with Crippen LogP contribution in [0, 0.1) is 5.92 Å². The lowest BCUT2D eigenvalue weighted by atomic mass is 9.95. The summed E-state index contributed by atoms with van der Waals surface area (Å²) >= 11 is 7.38. The molecule has 5 rings (SSSR count). The Morgan fingerprint density at radius 1 is 0.833 bits per heavy atom. The van der Waals surface area contributed by atoms with Crippen LogP contribution in [0.4, 0.5) is 0 Å². The minimum absolute atomic E-state index is 0.103. The predicted octanol–water partition coefficient (Wildman–Crippen LogP) is 4.74. The van der Waals surface area contributed by atoms with Gasteiger partial charge >= 0.3 is 0 Å². The summed E-state index contributed by atoms with van der Waals surface area (Å²) < 4.78 is 27.5. The first-order valence-electron chi connectivity index (χ1n) is 12.3. The van der Waals surface area contributed by atoms with Crippen LogP contribution in [0.25, 0.3) is 0 Å². The SMILES string of the molecule is O=C(C1CCN(S(=O)(=O)c2cccs2)CC1)N1CCN(C(c2ccccc2)c2ccc(Cl)cc2)CC1. The molecule has 3 heterocycles. The molecule has 2 fully saturated rings. The highest BCUT2D eigenvalue weighted by molar-refractivity contribution is 7.91. The van der Waals surface area contributed by atoms with E-state index in [0.29, 0.717) is 43.2 Å². The Labute approximate surface area is 222 Å². The molecule has 2 aromatic carbocycles. The molecule has 1 unspecified atom stereocenters. The van der Waals surface area contributed by atoms with Gasteiger partial charge in [0.15, 0.2) is 0 Å². The average Bonchev–Trinajstić information content (AvgIpc) is 3.47. The molecular weight excluding hydrogens is 514 g/mol. The maximum atomic E-state index is 13.3. The summed E-state index contributed by atoms with van der Waals surface area (Å²) in [6, 6.07) is 21.9. The highest BCUT2D eigenvalue weighted by Crippen LogP contribution is 2.32. The Kier molecular flexibility index (Phi) is 7.79. The van der Waals surface area contributed by atoms with E-state index >= 15 is 0 Å². The Morgan fingerprint density at radius 3 is 2.08 bits per heavy atom. The summed E-state index contributed by atoms with van der Waals surface area (Å²) in [5, 5.41) is 2.49. The minimum atomic E-state index is -3.45. The molecule has 1 amide bonds. The zero-order valence-electron chi connectivity index (χ0n) is 20.0. The van der Waals surface area contributed by atoms with Gasteiger partial charge in [0, 0.05) is 50.2 Å². The van der Waals surface area contributed by atoms with E-state index in [2.05, 4.69) is 41.3 Å². The van der Waals surface area contributed by atoms with Gasteiger partial charge in [-0.25, -0.2) is 8.42 Å². The van der Waals surface area contributed by atoms with Crippen molar-refractivity contribution in [3.8, 4) is 0 Å². The third kappa shape index (κ3) is 5.38. The van der Waals surface area contributed by atoms with Crippen LogP contribution >= 0.6 is 22.9 Å².